The summed E-state index contributed by atoms with van der Waals surface area (Å²) in [5, 5.41) is 0.654. The molecule has 3 aromatic rings. The molecule has 2 fully saturated rings. The first-order valence-electron chi connectivity index (χ1n) is 13.5. The number of anilines is 1. The van der Waals surface area contributed by atoms with Gasteiger partial charge in [0.1, 0.15) is 11.3 Å². The van der Waals surface area contributed by atoms with Crippen LogP contribution in [-0.4, -0.2) is 82.6 Å². The molecule has 1 aliphatic carbocycles. The molecule has 1 saturated carbocycles. The highest BCUT2D eigenvalue weighted by atomic mass is 32.2. The summed E-state index contributed by atoms with van der Waals surface area (Å²) in [6.45, 7) is 3.97. The zero-order valence-corrected chi connectivity index (χ0v) is 24.1. The van der Waals surface area contributed by atoms with E-state index in [-0.39, 0.29) is 34.6 Å². The highest BCUT2D eigenvalue weighted by molar-refractivity contribution is 7.90. The maximum Gasteiger partial charge on any atom is 0.414 e. The van der Waals surface area contributed by atoms with E-state index < -0.39 is 27.7 Å². The van der Waals surface area contributed by atoms with Gasteiger partial charge in [-0.1, -0.05) is 12.1 Å². The van der Waals surface area contributed by atoms with E-state index in [4.69, 9.17) is 9.15 Å². The van der Waals surface area contributed by atoms with Gasteiger partial charge in [0.05, 0.1) is 5.69 Å². The fourth-order valence-electron chi connectivity index (χ4n) is 5.03. The van der Waals surface area contributed by atoms with Crippen molar-refractivity contribution in [2.75, 3.05) is 52.0 Å². The smallest absolute Gasteiger partial charge is 0.414 e. The highest BCUT2D eigenvalue weighted by Crippen LogP contribution is 2.31. The molecule has 1 saturated heterocycles. The minimum Gasteiger partial charge on any atom is -0.422 e. The van der Waals surface area contributed by atoms with Crippen molar-refractivity contribution in [3.63, 3.8) is 0 Å². The van der Waals surface area contributed by atoms with Crippen LogP contribution in [0.3, 0.4) is 0 Å². The van der Waals surface area contributed by atoms with Gasteiger partial charge in [-0.05, 0) is 42.2 Å². The van der Waals surface area contributed by atoms with E-state index in [1.165, 1.54) is 49.1 Å². The Morgan fingerprint density at radius 1 is 1.12 bits per heavy atom. The van der Waals surface area contributed by atoms with Gasteiger partial charge in [-0.15, -0.1) is 0 Å². The van der Waals surface area contributed by atoms with Crippen LogP contribution < -0.4 is 19.8 Å². The lowest BCUT2D eigenvalue weighted by molar-refractivity contribution is 0.121. The SMILES string of the molecule is CNS(=O)(=O)Nc1cccc(Cc2c(CN3CCN(C4CC4)CC3)c3ccc(OC(=O)N(C)C)cc3oc2=O)c1F. The quantitative estimate of drug-likeness (QED) is 0.367. The molecule has 11 nitrogen and oxygen atoms in total. The van der Waals surface area contributed by atoms with E-state index in [1.54, 1.807) is 26.2 Å². The van der Waals surface area contributed by atoms with Crippen LogP contribution in [0.15, 0.2) is 45.6 Å². The molecule has 2 N–H and O–H groups in total. The number of fused-ring (bicyclic) bond motifs is 1. The van der Waals surface area contributed by atoms with E-state index >= 15 is 4.39 Å². The molecule has 13 heteroatoms. The van der Waals surface area contributed by atoms with Crippen molar-refractivity contribution in [2.24, 2.45) is 0 Å². The fourth-order valence-corrected chi connectivity index (χ4v) is 5.58. The number of halogens is 1. The van der Waals surface area contributed by atoms with Crippen LogP contribution >= 0.6 is 0 Å². The molecule has 1 aliphatic heterocycles. The monoisotopic (exact) mass is 587 g/mol. The molecule has 1 aromatic heterocycles. The normalized spacial score (nSPS) is 16.6. The molecule has 220 valence electrons. The third kappa shape index (κ3) is 6.70. The summed E-state index contributed by atoms with van der Waals surface area (Å²) in [4.78, 5) is 31.5. The third-order valence-electron chi connectivity index (χ3n) is 7.47. The summed E-state index contributed by atoms with van der Waals surface area (Å²) in [6, 6.07) is 9.91. The van der Waals surface area contributed by atoms with E-state index in [0.29, 0.717) is 23.5 Å². The summed E-state index contributed by atoms with van der Waals surface area (Å²) >= 11 is 0. The van der Waals surface area contributed by atoms with Crippen LogP contribution in [0.2, 0.25) is 0 Å². The maximum absolute atomic E-state index is 15.5. The molecular weight excluding hydrogens is 553 g/mol. The van der Waals surface area contributed by atoms with Crippen molar-refractivity contribution >= 4 is 33.0 Å². The number of nitrogens with zero attached hydrogens (tertiary/aromatic N) is 3. The Bertz CT molecular complexity index is 1610. The van der Waals surface area contributed by atoms with Crippen LogP contribution in [0, 0.1) is 5.82 Å². The van der Waals surface area contributed by atoms with E-state index in [9.17, 15) is 18.0 Å². The van der Waals surface area contributed by atoms with Gasteiger partial charge in [0.15, 0.2) is 5.82 Å². The summed E-state index contributed by atoms with van der Waals surface area (Å²) in [6.07, 6.45) is 1.81. The van der Waals surface area contributed by atoms with Crippen molar-refractivity contribution in [1.29, 1.82) is 0 Å². The van der Waals surface area contributed by atoms with Crippen molar-refractivity contribution in [1.82, 2.24) is 19.4 Å². The zero-order valence-electron chi connectivity index (χ0n) is 23.3. The van der Waals surface area contributed by atoms with Gasteiger partial charge in [-0.25, -0.2) is 18.7 Å². The van der Waals surface area contributed by atoms with Crippen molar-refractivity contribution in [3.8, 4) is 5.75 Å². The second-order valence-electron chi connectivity index (χ2n) is 10.6. The molecule has 2 heterocycles. The number of hydrogen-bond acceptors (Lipinski definition) is 8. The van der Waals surface area contributed by atoms with Crippen molar-refractivity contribution in [3.05, 3.63) is 69.3 Å². The van der Waals surface area contributed by atoms with Gasteiger partial charge < -0.3 is 14.1 Å². The Morgan fingerprint density at radius 3 is 2.51 bits per heavy atom. The van der Waals surface area contributed by atoms with Crippen LogP contribution in [0.25, 0.3) is 11.0 Å². The number of carbonyl (C=O) groups is 1. The molecule has 0 unspecified atom stereocenters. The first-order valence-corrected chi connectivity index (χ1v) is 15.0. The zero-order chi connectivity index (χ0) is 29.3. The minimum absolute atomic E-state index is 0.103. The number of nitrogens with one attached hydrogen (secondary N) is 2. The fraction of sp³-hybridized carbons (Fsp3) is 0.429. The van der Waals surface area contributed by atoms with E-state index in [2.05, 4.69) is 19.2 Å². The molecule has 0 atom stereocenters. The van der Waals surface area contributed by atoms with Crippen LogP contribution in [0.4, 0.5) is 14.9 Å². The average molecular weight is 588 g/mol. The second kappa shape index (κ2) is 11.8. The lowest BCUT2D eigenvalue weighted by Crippen LogP contribution is -2.46. The van der Waals surface area contributed by atoms with Crippen LogP contribution in [0.1, 0.15) is 29.5 Å². The molecule has 0 spiro atoms. The average Bonchev–Trinajstić information content (AvgIpc) is 3.78. The Kier molecular flexibility index (Phi) is 8.32. The number of amides is 1. The predicted molar refractivity (Wildman–Crippen MR) is 153 cm³/mol. The summed E-state index contributed by atoms with van der Waals surface area (Å²) < 4.78 is 54.7. The Morgan fingerprint density at radius 2 is 1.85 bits per heavy atom. The molecule has 41 heavy (non-hydrogen) atoms. The molecular formula is C28H34FN5O6S. The van der Waals surface area contributed by atoms with Crippen molar-refractivity contribution in [2.45, 2.75) is 31.8 Å². The largest absolute Gasteiger partial charge is 0.422 e. The Balaban J connectivity index is 1.52. The highest BCUT2D eigenvalue weighted by Gasteiger charge is 2.31. The Hall–Kier alpha value is -3.52. The molecule has 0 radical (unpaired) electrons. The van der Waals surface area contributed by atoms with Gasteiger partial charge >= 0.3 is 11.7 Å². The molecule has 2 aromatic carbocycles. The number of benzene rings is 2. The molecule has 2 aliphatic rings. The molecule has 5 rings (SSSR count). The first-order chi connectivity index (χ1) is 19.5. The number of piperazine rings is 1. The number of ether oxygens (including phenoxy) is 1. The lowest BCUT2D eigenvalue weighted by atomic mass is 9.97. The molecule has 0 bridgehead atoms. The lowest BCUT2D eigenvalue weighted by Gasteiger charge is -2.35. The van der Waals surface area contributed by atoms with Gasteiger partial charge in [0.25, 0.3) is 10.2 Å². The first kappa shape index (κ1) is 29.0. The number of rotatable bonds is 9. The van der Waals surface area contributed by atoms with Crippen LogP contribution in [-0.2, 0) is 23.2 Å². The van der Waals surface area contributed by atoms with E-state index in [0.717, 1.165) is 26.2 Å². The predicted octanol–water partition coefficient (Wildman–Crippen LogP) is 2.74. The number of carbonyl (C=O) groups excluding carboxylic acids is 1. The summed E-state index contributed by atoms with van der Waals surface area (Å²) in [5.41, 5.74) is 0.512. The topological polar surface area (TPSA) is 124 Å². The van der Waals surface area contributed by atoms with Gasteiger partial charge in [0.2, 0.25) is 0 Å². The summed E-state index contributed by atoms with van der Waals surface area (Å²) in [5.74, 6) is -0.549. The van der Waals surface area contributed by atoms with Crippen molar-refractivity contribution < 1.29 is 26.8 Å². The van der Waals surface area contributed by atoms with Gasteiger partial charge in [0, 0.05) is 83.3 Å². The number of hydrogen-bond donors (Lipinski definition) is 2. The summed E-state index contributed by atoms with van der Waals surface area (Å²) in [7, 11) is 0.401. The van der Waals surface area contributed by atoms with Gasteiger partial charge in [-0.2, -0.15) is 8.42 Å². The maximum atomic E-state index is 15.5. The standard InChI is InChI=1S/C28H34FN5O6S/c1-30-41(37,38)31-24-6-4-5-18(26(24)29)15-22-23(17-33-11-13-34(14-12-33)19-7-8-19)21-10-9-20(39-28(36)32(2)3)16-25(21)40-27(22)35/h4-6,9-10,16,19,30-31H,7-8,11-15,17H2,1-3H3. The molecule has 1 amide bonds. The Labute approximate surface area is 238 Å². The van der Waals surface area contributed by atoms with Crippen LogP contribution in [0.5, 0.6) is 5.75 Å². The van der Waals surface area contributed by atoms with E-state index in [1.807, 2.05) is 0 Å². The second-order valence-corrected chi connectivity index (χ2v) is 12.2. The van der Waals surface area contributed by atoms with Gasteiger partial charge in [-0.3, -0.25) is 14.5 Å². The third-order valence-corrected chi connectivity index (χ3v) is 8.50. The minimum atomic E-state index is -3.94.